The van der Waals surface area contributed by atoms with E-state index in [0.29, 0.717) is 29.9 Å². The van der Waals surface area contributed by atoms with Crippen molar-refractivity contribution in [1.29, 1.82) is 0 Å². The van der Waals surface area contributed by atoms with Crippen LogP contribution in [0.3, 0.4) is 0 Å². The smallest absolute Gasteiger partial charge is 0.338 e. The molecule has 0 amide bonds. The molecule has 96 valence electrons. The van der Waals surface area contributed by atoms with E-state index in [1.807, 2.05) is 0 Å². The highest BCUT2D eigenvalue weighted by molar-refractivity contribution is 5.96. The fourth-order valence-electron chi connectivity index (χ4n) is 1.47. The summed E-state index contributed by atoms with van der Waals surface area (Å²) < 4.78 is 9.80. The number of rotatable bonds is 5. The first-order chi connectivity index (χ1) is 8.63. The maximum absolute atomic E-state index is 11.6. The van der Waals surface area contributed by atoms with E-state index in [-0.39, 0.29) is 0 Å². The van der Waals surface area contributed by atoms with Crippen LogP contribution >= 0.6 is 0 Å². The number of carbonyl (C=O) groups excluding carboxylic acids is 2. The summed E-state index contributed by atoms with van der Waals surface area (Å²) in [6.45, 7) is 7.70. The lowest BCUT2D eigenvalue weighted by Gasteiger charge is -2.08. The minimum atomic E-state index is -0.428. The van der Waals surface area contributed by atoms with E-state index >= 15 is 0 Å². The first kappa shape index (κ1) is 14.0. The van der Waals surface area contributed by atoms with Gasteiger partial charge in [-0.15, -0.1) is 0 Å². The number of ether oxygens (including phenoxy) is 2. The highest BCUT2D eigenvalue weighted by Gasteiger charge is 2.14. The zero-order chi connectivity index (χ0) is 13.5. The Morgan fingerprint density at radius 2 is 1.78 bits per heavy atom. The molecular weight excluding hydrogens is 232 g/mol. The van der Waals surface area contributed by atoms with Crippen LogP contribution in [0.2, 0.25) is 0 Å². The van der Waals surface area contributed by atoms with Crippen LogP contribution in [0, 0.1) is 0 Å². The molecule has 0 spiro atoms. The van der Waals surface area contributed by atoms with Crippen molar-refractivity contribution in [2.24, 2.45) is 0 Å². The second kappa shape index (κ2) is 6.59. The number of carbonyl (C=O) groups is 2. The number of benzene rings is 1. The van der Waals surface area contributed by atoms with Crippen LogP contribution < -0.4 is 0 Å². The van der Waals surface area contributed by atoms with E-state index in [2.05, 4.69) is 6.58 Å². The average Bonchev–Trinajstić information content (AvgIpc) is 2.38. The van der Waals surface area contributed by atoms with Crippen molar-refractivity contribution in [3.63, 3.8) is 0 Å². The maximum atomic E-state index is 11.6. The van der Waals surface area contributed by atoms with Gasteiger partial charge in [0.2, 0.25) is 0 Å². The molecule has 0 saturated heterocycles. The van der Waals surface area contributed by atoms with Crippen molar-refractivity contribution >= 4 is 18.0 Å². The topological polar surface area (TPSA) is 52.6 Å². The molecule has 1 rings (SSSR count). The van der Waals surface area contributed by atoms with Crippen LogP contribution in [0.5, 0.6) is 0 Å². The quantitative estimate of drug-likeness (QED) is 0.752. The van der Waals surface area contributed by atoms with Crippen molar-refractivity contribution in [3.05, 3.63) is 41.5 Å². The van der Waals surface area contributed by atoms with E-state index in [4.69, 9.17) is 9.47 Å². The van der Waals surface area contributed by atoms with E-state index < -0.39 is 11.9 Å². The van der Waals surface area contributed by atoms with Gasteiger partial charge in [0.15, 0.2) is 0 Å². The van der Waals surface area contributed by atoms with Crippen LogP contribution in [0.15, 0.2) is 24.8 Å². The normalized spacial score (nSPS) is 9.67. The van der Waals surface area contributed by atoms with Gasteiger partial charge in [-0.05, 0) is 37.6 Å². The molecule has 18 heavy (non-hydrogen) atoms. The van der Waals surface area contributed by atoms with Crippen LogP contribution in [0.25, 0.3) is 6.08 Å². The lowest BCUT2D eigenvalue weighted by molar-refractivity contribution is 0.0511. The van der Waals surface area contributed by atoms with E-state index in [1.165, 1.54) is 12.1 Å². The number of hydrogen-bond acceptors (Lipinski definition) is 4. The van der Waals surface area contributed by atoms with Gasteiger partial charge in [0.25, 0.3) is 0 Å². The molecule has 0 heterocycles. The Bertz CT molecular complexity index is 463. The van der Waals surface area contributed by atoms with Gasteiger partial charge in [-0.25, -0.2) is 9.59 Å². The average molecular weight is 248 g/mol. The van der Waals surface area contributed by atoms with Crippen molar-refractivity contribution in [3.8, 4) is 0 Å². The lowest BCUT2D eigenvalue weighted by atomic mass is 10.0. The first-order valence-corrected chi connectivity index (χ1v) is 5.74. The first-order valence-electron chi connectivity index (χ1n) is 5.74. The Labute approximate surface area is 106 Å². The maximum Gasteiger partial charge on any atom is 0.338 e. The summed E-state index contributed by atoms with van der Waals surface area (Å²) in [6.07, 6.45) is 1.51. The predicted molar refractivity (Wildman–Crippen MR) is 68.4 cm³/mol. The zero-order valence-corrected chi connectivity index (χ0v) is 10.6. The molecule has 1 aromatic carbocycles. The highest BCUT2D eigenvalue weighted by Crippen LogP contribution is 2.15. The van der Waals surface area contributed by atoms with Gasteiger partial charge in [-0.2, -0.15) is 0 Å². The molecule has 4 heteroatoms. The van der Waals surface area contributed by atoms with Crippen molar-refractivity contribution in [2.75, 3.05) is 13.2 Å². The molecule has 1 aromatic rings. The summed E-state index contributed by atoms with van der Waals surface area (Å²) >= 11 is 0. The van der Waals surface area contributed by atoms with Crippen LogP contribution in [-0.4, -0.2) is 25.2 Å². The Morgan fingerprint density at radius 3 is 2.33 bits per heavy atom. The largest absolute Gasteiger partial charge is 0.462 e. The van der Waals surface area contributed by atoms with Gasteiger partial charge in [-0.1, -0.05) is 12.7 Å². The van der Waals surface area contributed by atoms with Crippen molar-refractivity contribution in [2.45, 2.75) is 13.8 Å². The van der Waals surface area contributed by atoms with Gasteiger partial charge in [0.05, 0.1) is 24.3 Å². The molecule has 0 atom stereocenters. The molecule has 0 aliphatic rings. The molecule has 0 aliphatic heterocycles. The third-order valence-corrected chi connectivity index (χ3v) is 2.28. The fourth-order valence-corrected chi connectivity index (χ4v) is 1.47. The molecule has 0 N–H and O–H groups in total. The molecule has 0 radical (unpaired) electrons. The highest BCUT2D eigenvalue weighted by atomic mass is 16.5. The molecule has 0 bridgehead atoms. The van der Waals surface area contributed by atoms with E-state index in [0.717, 1.165) is 0 Å². The van der Waals surface area contributed by atoms with Gasteiger partial charge in [0, 0.05) is 0 Å². The Hall–Kier alpha value is -2.10. The van der Waals surface area contributed by atoms with Gasteiger partial charge < -0.3 is 9.47 Å². The third kappa shape index (κ3) is 3.20. The van der Waals surface area contributed by atoms with Crippen LogP contribution in [-0.2, 0) is 9.47 Å². The molecule has 4 nitrogen and oxygen atoms in total. The Balaban J connectivity index is 3.07. The third-order valence-electron chi connectivity index (χ3n) is 2.28. The Kier molecular flexibility index (Phi) is 5.11. The summed E-state index contributed by atoms with van der Waals surface area (Å²) in [5, 5.41) is 0. The van der Waals surface area contributed by atoms with Crippen LogP contribution in [0.4, 0.5) is 0 Å². The molecule has 0 unspecified atom stereocenters. The minimum absolute atomic E-state index is 0.301. The predicted octanol–water partition coefficient (Wildman–Crippen LogP) is 2.68. The van der Waals surface area contributed by atoms with Crippen molar-refractivity contribution < 1.29 is 19.1 Å². The van der Waals surface area contributed by atoms with E-state index in [9.17, 15) is 9.59 Å². The number of hydrogen-bond donors (Lipinski definition) is 0. The number of esters is 2. The fraction of sp³-hybridized carbons (Fsp3) is 0.286. The molecule has 0 saturated carbocycles. The van der Waals surface area contributed by atoms with Gasteiger partial charge in [0.1, 0.15) is 0 Å². The second-order valence-corrected chi connectivity index (χ2v) is 3.45. The van der Waals surface area contributed by atoms with Crippen LogP contribution in [0.1, 0.15) is 40.1 Å². The van der Waals surface area contributed by atoms with E-state index in [1.54, 1.807) is 26.0 Å². The molecular formula is C14H16O4. The monoisotopic (exact) mass is 248 g/mol. The van der Waals surface area contributed by atoms with Gasteiger partial charge >= 0.3 is 11.9 Å². The van der Waals surface area contributed by atoms with Gasteiger partial charge in [-0.3, -0.25) is 0 Å². The Morgan fingerprint density at radius 1 is 1.17 bits per heavy atom. The summed E-state index contributed by atoms with van der Waals surface area (Å²) in [5.41, 5.74) is 1.33. The summed E-state index contributed by atoms with van der Waals surface area (Å²) in [4.78, 5) is 23.2. The minimum Gasteiger partial charge on any atom is -0.462 e. The summed E-state index contributed by atoms with van der Waals surface area (Å²) in [5.74, 6) is -0.848. The molecule has 0 fully saturated rings. The second-order valence-electron chi connectivity index (χ2n) is 3.45. The van der Waals surface area contributed by atoms with Crippen molar-refractivity contribution in [1.82, 2.24) is 0 Å². The lowest BCUT2D eigenvalue weighted by Crippen LogP contribution is -2.09. The summed E-state index contributed by atoms with van der Waals surface area (Å²) in [7, 11) is 0. The molecule has 0 aromatic heterocycles. The standard InChI is InChI=1S/C14H16O4/c1-4-10-9-11(13(15)17-5-2)7-8-12(10)14(16)18-6-3/h4,7-9H,1,5-6H2,2-3H3. The SMILES string of the molecule is C=Cc1cc(C(=O)OCC)ccc1C(=O)OCC. The molecule has 0 aliphatic carbocycles. The summed E-state index contributed by atoms with van der Waals surface area (Å²) in [6, 6.07) is 4.65. The zero-order valence-electron chi connectivity index (χ0n) is 10.6.